The van der Waals surface area contributed by atoms with Crippen LogP contribution in [0.2, 0.25) is 0 Å². The molecule has 0 aliphatic heterocycles. The zero-order valence-electron chi connectivity index (χ0n) is 6.31. The fraction of sp³-hybridized carbons (Fsp3) is 0.556. The van der Waals surface area contributed by atoms with Crippen molar-refractivity contribution in [1.82, 2.24) is 0 Å². The highest BCUT2D eigenvalue weighted by Crippen LogP contribution is 2.26. The summed E-state index contributed by atoms with van der Waals surface area (Å²) in [4.78, 5) is 1.58. The first kappa shape index (κ1) is 7.93. The third kappa shape index (κ3) is 2.61. The van der Waals surface area contributed by atoms with Gasteiger partial charge in [0.25, 0.3) is 0 Å². The number of hydrogen-bond acceptors (Lipinski definition) is 1. The molecule has 0 radical (unpaired) electrons. The van der Waals surface area contributed by atoms with Crippen molar-refractivity contribution >= 4 is 11.8 Å². The molecule has 0 amide bonds. The van der Waals surface area contributed by atoms with Gasteiger partial charge in [-0.15, -0.1) is 18.3 Å². The molecule has 0 aromatic carbocycles. The van der Waals surface area contributed by atoms with Gasteiger partial charge in [0.1, 0.15) is 0 Å². The highest BCUT2D eigenvalue weighted by atomic mass is 32.2. The first-order valence-electron chi connectivity index (χ1n) is 3.86. The van der Waals surface area contributed by atoms with Crippen LogP contribution in [-0.2, 0) is 0 Å². The summed E-state index contributed by atoms with van der Waals surface area (Å²) in [6.07, 6.45) is 9.71. The average Bonchev–Trinajstić information content (AvgIpc) is 2.03. The number of hydrogen-bond donors (Lipinski definition) is 0. The molecule has 0 unspecified atom stereocenters. The molecule has 1 aliphatic carbocycles. The Balaban J connectivity index is 2.24. The first-order chi connectivity index (χ1) is 4.93. The monoisotopic (exact) mass is 154 g/mol. The molecule has 1 rings (SSSR count). The quantitative estimate of drug-likeness (QED) is 0.562. The smallest absolute Gasteiger partial charge is 0.0154 e. The second kappa shape index (κ2) is 4.62. The van der Waals surface area contributed by atoms with Gasteiger partial charge in [-0.1, -0.05) is 12.2 Å². The largest absolute Gasteiger partial charge is 0.127 e. The van der Waals surface area contributed by atoms with E-state index >= 15 is 0 Å². The maximum Gasteiger partial charge on any atom is 0.0154 e. The molecule has 0 fully saturated rings. The Morgan fingerprint density at radius 3 is 3.10 bits per heavy atom. The Hall–Kier alpha value is -0.170. The maximum atomic E-state index is 3.70. The van der Waals surface area contributed by atoms with Crippen LogP contribution in [0.15, 0.2) is 23.6 Å². The van der Waals surface area contributed by atoms with Crippen LogP contribution in [0.3, 0.4) is 0 Å². The van der Waals surface area contributed by atoms with Gasteiger partial charge in [0.05, 0.1) is 0 Å². The van der Waals surface area contributed by atoms with Gasteiger partial charge in [-0.05, 0) is 30.6 Å². The van der Waals surface area contributed by atoms with Crippen LogP contribution in [-0.4, -0.2) is 5.75 Å². The van der Waals surface area contributed by atoms with Crippen molar-refractivity contribution in [3.63, 3.8) is 0 Å². The SMILES string of the molecule is C=CCSC1=CCCCC1. The van der Waals surface area contributed by atoms with Crippen molar-refractivity contribution in [1.29, 1.82) is 0 Å². The van der Waals surface area contributed by atoms with Gasteiger partial charge in [-0.2, -0.15) is 0 Å². The number of rotatable bonds is 3. The Kier molecular flexibility index (Phi) is 3.66. The van der Waals surface area contributed by atoms with Gasteiger partial charge >= 0.3 is 0 Å². The van der Waals surface area contributed by atoms with Crippen LogP contribution >= 0.6 is 11.8 Å². The molecule has 1 aliphatic rings. The molecule has 0 aromatic rings. The number of allylic oxidation sites excluding steroid dienone is 2. The molecule has 0 saturated heterocycles. The lowest BCUT2D eigenvalue weighted by atomic mass is 10.1. The molecule has 0 nitrogen and oxygen atoms in total. The molecule has 0 atom stereocenters. The van der Waals surface area contributed by atoms with Crippen LogP contribution in [0, 0.1) is 0 Å². The van der Waals surface area contributed by atoms with Crippen molar-refractivity contribution in [2.75, 3.05) is 5.75 Å². The van der Waals surface area contributed by atoms with Crippen molar-refractivity contribution in [2.45, 2.75) is 25.7 Å². The summed E-state index contributed by atoms with van der Waals surface area (Å²) < 4.78 is 0. The second-order valence-corrected chi connectivity index (χ2v) is 3.66. The van der Waals surface area contributed by atoms with Crippen molar-refractivity contribution in [3.05, 3.63) is 23.6 Å². The summed E-state index contributed by atoms with van der Waals surface area (Å²) in [5.74, 6) is 1.08. The average molecular weight is 154 g/mol. The summed E-state index contributed by atoms with van der Waals surface area (Å²) in [5.41, 5.74) is 0. The van der Waals surface area contributed by atoms with Gasteiger partial charge in [0, 0.05) is 5.75 Å². The van der Waals surface area contributed by atoms with E-state index in [9.17, 15) is 0 Å². The topological polar surface area (TPSA) is 0 Å². The molecule has 0 bridgehead atoms. The summed E-state index contributed by atoms with van der Waals surface area (Å²) >= 11 is 1.94. The first-order valence-corrected chi connectivity index (χ1v) is 4.85. The van der Waals surface area contributed by atoms with Crippen LogP contribution < -0.4 is 0 Å². The third-order valence-corrected chi connectivity index (χ3v) is 2.78. The molecule has 0 N–H and O–H groups in total. The van der Waals surface area contributed by atoms with Crippen LogP contribution in [0.25, 0.3) is 0 Å². The van der Waals surface area contributed by atoms with Gasteiger partial charge in [-0.25, -0.2) is 0 Å². The van der Waals surface area contributed by atoms with E-state index < -0.39 is 0 Å². The lowest BCUT2D eigenvalue weighted by Gasteiger charge is -2.10. The lowest BCUT2D eigenvalue weighted by Crippen LogP contribution is -1.87. The highest BCUT2D eigenvalue weighted by Gasteiger charge is 2.01. The zero-order valence-corrected chi connectivity index (χ0v) is 7.12. The van der Waals surface area contributed by atoms with E-state index in [2.05, 4.69) is 12.7 Å². The molecule has 1 heteroatoms. The molecular formula is C9H14S. The maximum absolute atomic E-state index is 3.70. The van der Waals surface area contributed by atoms with Gasteiger partial charge in [0.15, 0.2) is 0 Å². The van der Waals surface area contributed by atoms with Crippen LogP contribution in [0.4, 0.5) is 0 Å². The van der Waals surface area contributed by atoms with Crippen molar-refractivity contribution < 1.29 is 0 Å². The summed E-state index contributed by atoms with van der Waals surface area (Å²) in [7, 11) is 0. The Morgan fingerprint density at radius 2 is 2.50 bits per heavy atom. The second-order valence-electron chi connectivity index (χ2n) is 2.52. The van der Waals surface area contributed by atoms with Gasteiger partial charge in [-0.3, -0.25) is 0 Å². The van der Waals surface area contributed by atoms with Gasteiger partial charge < -0.3 is 0 Å². The predicted molar refractivity (Wildman–Crippen MR) is 49.2 cm³/mol. The molecule has 0 aromatic heterocycles. The summed E-state index contributed by atoms with van der Waals surface area (Å²) in [5, 5.41) is 0. The van der Waals surface area contributed by atoms with E-state index in [1.165, 1.54) is 25.7 Å². The Labute approximate surface area is 67.4 Å². The van der Waals surface area contributed by atoms with E-state index in [0.29, 0.717) is 0 Å². The Morgan fingerprint density at radius 1 is 1.60 bits per heavy atom. The van der Waals surface area contributed by atoms with E-state index in [0.717, 1.165) is 5.75 Å². The van der Waals surface area contributed by atoms with Crippen LogP contribution in [0.5, 0.6) is 0 Å². The Bertz CT molecular complexity index is 136. The minimum atomic E-state index is 1.08. The van der Waals surface area contributed by atoms with E-state index in [1.54, 1.807) is 4.91 Å². The zero-order chi connectivity index (χ0) is 7.23. The number of thioether (sulfide) groups is 1. The minimum Gasteiger partial charge on any atom is -0.127 e. The standard InChI is InChI=1S/C9H14S/c1-2-8-10-9-6-4-3-5-7-9/h2,6H,1,3-5,7-8H2. The molecule has 56 valence electrons. The van der Waals surface area contributed by atoms with E-state index in [-0.39, 0.29) is 0 Å². The van der Waals surface area contributed by atoms with E-state index in [1.807, 2.05) is 17.8 Å². The lowest BCUT2D eigenvalue weighted by molar-refractivity contribution is 0.723. The fourth-order valence-electron chi connectivity index (χ4n) is 1.11. The third-order valence-electron chi connectivity index (χ3n) is 1.64. The molecule has 10 heavy (non-hydrogen) atoms. The summed E-state index contributed by atoms with van der Waals surface area (Å²) in [6.45, 7) is 3.70. The van der Waals surface area contributed by atoms with Gasteiger partial charge in [0.2, 0.25) is 0 Å². The predicted octanol–water partition coefficient (Wildman–Crippen LogP) is 3.36. The molecule has 0 heterocycles. The highest BCUT2D eigenvalue weighted by molar-refractivity contribution is 8.03. The van der Waals surface area contributed by atoms with Crippen molar-refractivity contribution in [2.24, 2.45) is 0 Å². The molecule has 0 spiro atoms. The minimum absolute atomic E-state index is 1.08. The van der Waals surface area contributed by atoms with E-state index in [4.69, 9.17) is 0 Å². The van der Waals surface area contributed by atoms with Crippen molar-refractivity contribution in [3.8, 4) is 0 Å². The summed E-state index contributed by atoms with van der Waals surface area (Å²) in [6, 6.07) is 0. The normalized spacial score (nSPS) is 18.2. The molecule has 0 saturated carbocycles. The fourth-order valence-corrected chi connectivity index (χ4v) is 1.96. The molecular weight excluding hydrogens is 140 g/mol. The van der Waals surface area contributed by atoms with Crippen LogP contribution in [0.1, 0.15) is 25.7 Å².